The highest BCUT2D eigenvalue weighted by atomic mass is 32.2. The van der Waals surface area contributed by atoms with Gasteiger partial charge in [-0.1, -0.05) is 42.1 Å². The largest absolute Gasteiger partial charge is 0.283 e. The van der Waals surface area contributed by atoms with Crippen molar-refractivity contribution in [2.75, 3.05) is 11.5 Å². The first-order valence-electron chi connectivity index (χ1n) is 7.46. The van der Waals surface area contributed by atoms with Crippen LogP contribution in [-0.4, -0.2) is 29.5 Å². The maximum Gasteiger partial charge on any atom is 0.254 e. The van der Waals surface area contributed by atoms with E-state index in [1.807, 2.05) is 30.3 Å². The van der Waals surface area contributed by atoms with Gasteiger partial charge in [0.05, 0.1) is 16.7 Å². The van der Waals surface area contributed by atoms with Gasteiger partial charge in [-0.15, -0.1) is 0 Å². The molecule has 1 atom stereocenters. The van der Waals surface area contributed by atoms with Gasteiger partial charge in [0, 0.05) is 18.0 Å². The zero-order chi connectivity index (χ0) is 16.7. The number of sulfone groups is 1. The number of nitrogens with zero attached hydrogens (tertiary/aromatic N) is 2. The maximum atomic E-state index is 12.8. The Bertz CT molecular complexity index is 1090. The van der Waals surface area contributed by atoms with Crippen molar-refractivity contribution in [1.82, 2.24) is 9.55 Å². The van der Waals surface area contributed by atoms with Crippen LogP contribution in [0.25, 0.3) is 10.8 Å². The van der Waals surface area contributed by atoms with Crippen molar-refractivity contribution in [3.8, 4) is 0 Å². The molecule has 7 heteroatoms. The van der Waals surface area contributed by atoms with E-state index < -0.39 is 9.84 Å². The van der Waals surface area contributed by atoms with Crippen LogP contribution in [0.2, 0.25) is 0 Å². The van der Waals surface area contributed by atoms with Gasteiger partial charge in [0.25, 0.3) is 5.56 Å². The van der Waals surface area contributed by atoms with Crippen LogP contribution < -0.4 is 5.56 Å². The summed E-state index contributed by atoms with van der Waals surface area (Å²) in [6.45, 7) is 0. The van der Waals surface area contributed by atoms with Gasteiger partial charge in [0.2, 0.25) is 0 Å². The molecule has 2 aromatic carbocycles. The molecule has 24 heavy (non-hydrogen) atoms. The third kappa shape index (κ3) is 2.63. The number of aromatic nitrogens is 2. The summed E-state index contributed by atoms with van der Waals surface area (Å²) >= 11 is 1.42. The van der Waals surface area contributed by atoms with Gasteiger partial charge in [-0.25, -0.2) is 13.4 Å². The Labute approximate surface area is 143 Å². The minimum atomic E-state index is -3.50. The fraction of sp³-hybridized carbons (Fsp3) is 0.176. The van der Waals surface area contributed by atoms with Gasteiger partial charge in [0.1, 0.15) is 0 Å². The highest BCUT2D eigenvalue weighted by Crippen LogP contribution is 2.32. The first-order valence-corrected chi connectivity index (χ1v) is 10.1. The highest BCUT2D eigenvalue weighted by molar-refractivity contribution is 7.99. The van der Waals surface area contributed by atoms with Crippen LogP contribution in [-0.2, 0) is 9.84 Å². The second-order valence-electron chi connectivity index (χ2n) is 5.69. The molecule has 5 nitrogen and oxygen atoms in total. The molecular weight excluding hydrogens is 344 g/mol. The van der Waals surface area contributed by atoms with E-state index in [0.29, 0.717) is 10.9 Å². The maximum absolute atomic E-state index is 12.8. The topological polar surface area (TPSA) is 69.0 Å². The van der Waals surface area contributed by atoms with Crippen LogP contribution in [0.3, 0.4) is 0 Å². The predicted octanol–water partition coefficient (Wildman–Crippen LogP) is 2.52. The van der Waals surface area contributed by atoms with Crippen LogP contribution in [0.1, 0.15) is 6.04 Å². The second-order valence-corrected chi connectivity index (χ2v) is 8.71. The van der Waals surface area contributed by atoms with Crippen LogP contribution in [0.15, 0.2) is 69.6 Å². The molecule has 3 aromatic rings. The summed E-state index contributed by atoms with van der Waals surface area (Å²) in [6.07, 6.45) is 1.46. The van der Waals surface area contributed by atoms with E-state index in [4.69, 9.17) is 0 Å². The lowest BCUT2D eigenvalue weighted by Gasteiger charge is -2.13. The molecule has 0 bridgehead atoms. The molecule has 122 valence electrons. The normalized spacial score (nSPS) is 17.1. The molecule has 0 amide bonds. The monoisotopic (exact) mass is 358 g/mol. The van der Waals surface area contributed by atoms with E-state index in [0.717, 1.165) is 10.8 Å². The lowest BCUT2D eigenvalue weighted by atomic mass is 10.1. The molecule has 0 spiro atoms. The van der Waals surface area contributed by atoms with E-state index >= 15 is 0 Å². The Hall–Kier alpha value is -2.12. The molecular formula is C17H14N2O3S2. The summed E-state index contributed by atoms with van der Waals surface area (Å²) in [5, 5.41) is 2.47. The van der Waals surface area contributed by atoms with E-state index in [1.165, 1.54) is 28.6 Å². The summed E-state index contributed by atoms with van der Waals surface area (Å²) in [7, 11) is -3.50. The van der Waals surface area contributed by atoms with Crippen molar-refractivity contribution in [3.63, 3.8) is 0 Å². The summed E-state index contributed by atoms with van der Waals surface area (Å²) in [4.78, 5) is 16.5. The lowest BCUT2D eigenvalue weighted by molar-refractivity contribution is 0.527. The Morgan fingerprint density at radius 2 is 1.92 bits per heavy atom. The Morgan fingerprint density at radius 3 is 2.75 bits per heavy atom. The molecule has 0 aliphatic carbocycles. The van der Waals surface area contributed by atoms with Gasteiger partial charge < -0.3 is 0 Å². The molecule has 1 aliphatic rings. The highest BCUT2D eigenvalue weighted by Gasteiger charge is 2.30. The molecule has 0 radical (unpaired) electrons. The summed E-state index contributed by atoms with van der Waals surface area (Å²) in [5.74, 6) is 0.440. The van der Waals surface area contributed by atoms with Gasteiger partial charge in [-0.05, 0) is 22.9 Å². The Kier molecular flexibility index (Phi) is 3.69. The van der Waals surface area contributed by atoms with E-state index in [1.54, 1.807) is 12.1 Å². The molecule has 2 heterocycles. The average Bonchev–Trinajstić information content (AvgIpc) is 2.98. The minimum Gasteiger partial charge on any atom is -0.283 e. The molecule has 1 aromatic heterocycles. The molecule has 1 aliphatic heterocycles. The van der Waals surface area contributed by atoms with Crippen LogP contribution >= 0.6 is 11.8 Å². The van der Waals surface area contributed by atoms with Gasteiger partial charge in [0.15, 0.2) is 15.0 Å². The predicted molar refractivity (Wildman–Crippen MR) is 94.3 cm³/mol. The molecule has 0 saturated heterocycles. The van der Waals surface area contributed by atoms with Crippen LogP contribution in [0.4, 0.5) is 0 Å². The van der Waals surface area contributed by atoms with Crippen molar-refractivity contribution >= 4 is 32.4 Å². The fourth-order valence-corrected chi connectivity index (χ4v) is 5.74. The van der Waals surface area contributed by atoms with Crippen molar-refractivity contribution in [2.24, 2.45) is 0 Å². The molecule has 0 N–H and O–H groups in total. The number of thioether (sulfide) groups is 1. The third-order valence-electron chi connectivity index (χ3n) is 4.11. The fourth-order valence-electron chi connectivity index (χ4n) is 2.92. The second kappa shape index (κ2) is 5.75. The molecule has 0 unspecified atom stereocenters. The lowest BCUT2D eigenvalue weighted by Crippen LogP contribution is -2.28. The standard InChI is InChI=1S/C17H14N2O3S2/c20-16-7-8-18-17-19(16)14(10-23-17)11-24(21,22)15-6-5-12-3-1-2-4-13(12)9-15/h1-9,14H,10-11H2/t14-/m1/s1. The molecule has 0 fully saturated rings. The summed E-state index contributed by atoms with van der Waals surface area (Å²) in [5.41, 5.74) is -0.205. The van der Waals surface area contributed by atoms with Crippen molar-refractivity contribution in [1.29, 1.82) is 0 Å². The SMILES string of the molecule is O=c1ccnc2n1[C@@H](CS(=O)(=O)c1ccc3ccccc3c1)CS2. The van der Waals surface area contributed by atoms with Crippen LogP contribution in [0, 0.1) is 0 Å². The first-order chi connectivity index (χ1) is 11.5. The van der Waals surface area contributed by atoms with Crippen molar-refractivity contribution in [2.45, 2.75) is 16.1 Å². The number of benzene rings is 2. The summed E-state index contributed by atoms with van der Waals surface area (Å²) < 4.78 is 27.1. The molecule has 0 saturated carbocycles. The number of rotatable bonds is 3. The zero-order valence-electron chi connectivity index (χ0n) is 12.6. The van der Waals surface area contributed by atoms with Gasteiger partial charge in [-0.3, -0.25) is 9.36 Å². The van der Waals surface area contributed by atoms with Crippen LogP contribution in [0.5, 0.6) is 0 Å². The average molecular weight is 358 g/mol. The zero-order valence-corrected chi connectivity index (χ0v) is 14.3. The number of fused-ring (bicyclic) bond motifs is 2. The van der Waals surface area contributed by atoms with E-state index in [2.05, 4.69) is 4.98 Å². The summed E-state index contributed by atoms with van der Waals surface area (Å²) in [6, 6.07) is 13.8. The van der Waals surface area contributed by atoms with Gasteiger partial charge in [-0.2, -0.15) is 0 Å². The van der Waals surface area contributed by atoms with Crippen molar-refractivity contribution in [3.05, 3.63) is 65.1 Å². The third-order valence-corrected chi connectivity index (χ3v) is 7.01. The first kappa shape index (κ1) is 15.4. The van der Waals surface area contributed by atoms with E-state index in [-0.39, 0.29) is 22.2 Å². The Balaban J connectivity index is 1.70. The number of hydrogen-bond acceptors (Lipinski definition) is 5. The Morgan fingerprint density at radius 1 is 1.12 bits per heavy atom. The number of hydrogen-bond donors (Lipinski definition) is 0. The van der Waals surface area contributed by atoms with Gasteiger partial charge >= 0.3 is 0 Å². The van der Waals surface area contributed by atoms with Crippen molar-refractivity contribution < 1.29 is 8.42 Å². The smallest absolute Gasteiger partial charge is 0.254 e. The minimum absolute atomic E-state index is 0.100. The molecule has 4 rings (SSSR count). The van der Waals surface area contributed by atoms with E-state index in [9.17, 15) is 13.2 Å². The quantitative estimate of drug-likeness (QED) is 0.673.